The summed E-state index contributed by atoms with van der Waals surface area (Å²) in [5, 5.41) is 0. The number of hydrogen-bond donors (Lipinski definition) is 2. The standard InChI is InChI=1S/C13H15BrN2O3S/c1-9-7-11(14)12(15)8-13(9)20(17,18)16-5-4-10-3-2-6-19-10/h2-3,6-8,16H,4-5,15H2,1H3. The molecule has 0 radical (unpaired) electrons. The molecule has 0 saturated carbocycles. The van der Waals surface area contributed by atoms with Gasteiger partial charge in [0.05, 0.1) is 11.2 Å². The number of rotatable bonds is 5. The zero-order chi connectivity index (χ0) is 14.8. The summed E-state index contributed by atoms with van der Waals surface area (Å²) in [5.74, 6) is 0.736. The second-order valence-electron chi connectivity index (χ2n) is 4.37. The van der Waals surface area contributed by atoms with Gasteiger partial charge in [-0.1, -0.05) is 0 Å². The molecule has 1 aromatic heterocycles. The smallest absolute Gasteiger partial charge is 0.240 e. The minimum Gasteiger partial charge on any atom is -0.469 e. The Morgan fingerprint density at radius 2 is 2.15 bits per heavy atom. The van der Waals surface area contributed by atoms with E-state index in [1.54, 1.807) is 31.4 Å². The topological polar surface area (TPSA) is 85.3 Å². The average molecular weight is 359 g/mol. The van der Waals surface area contributed by atoms with Gasteiger partial charge >= 0.3 is 0 Å². The lowest BCUT2D eigenvalue weighted by molar-refractivity contribution is 0.506. The van der Waals surface area contributed by atoms with E-state index in [9.17, 15) is 8.42 Å². The van der Waals surface area contributed by atoms with Gasteiger partial charge in [-0.25, -0.2) is 13.1 Å². The van der Waals surface area contributed by atoms with Crippen LogP contribution in [0, 0.1) is 6.92 Å². The molecule has 2 rings (SSSR count). The van der Waals surface area contributed by atoms with Gasteiger partial charge in [0.25, 0.3) is 0 Å². The first-order valence-electron chi connectivity index (χ1n) is 5.98. The molecule has 0 bridgehead atoms. The van der Waals surface area contributed by atoms with Crippen LogP contribution in [0.25, 0.3) is 0 Å². The van der Waals surface area contributed by atoms with Crippen LogP contribution >= 0.6 is 15.9 Å². The van der Waals surface area contributed by atoms with Crippen molar-refractivity contribution < 1.29 is 12.8 Å². The van der Waals surface area contributed by atoms with Crippen molar-refractivity contribution in [3.05, 3.63) is 46.3 Å². The van der Waals surface area contributed by atoms with Gasteiger partial charge in [0.1, 0.15) is 5.76 Å². The van der Waals surface area contributed by atoms with Crippen LogP contribution in [0.5, 0.6) is 0 Å². The molecule has 5 nitrogen and oxygen atoms in total. The quantitative estimate of drug-likeness (QED) is 0.803. The van der Waals surface area contributed by atoms with E-state index in [0.29, 0.717) is 22.1 Å². The summed E-state index contributed by atoms with van der Waals surface area (Å²) in [7, 11) is -3.58. The first kappa shape index (κ1) is 15.1. The van der Waals surface area contributed by atoms with Gasteiger partial charge in [-0.2, -0.15) is 0 Å². The maximum atomic E-state index is 12.2. The number of nitrogen functional groups attached to an aromatic ring is 1. The molecule has 0 amide bonds. The second kappa shape index (κ2) is 5.99. The highest BCUT2D eigenvalue weighted by molar-refractivity contribution is 9.10. The molecule has 0 aliphatic heterocycles. The molecule has 7 heteroatoms. The molecule has 0 aliphatic carbocycles. The zero-order valence-electron chi connectivity index (χ0n) is 10.9. The Hall–Kier alpha value is -1.31. The molecule has 3 N–H and O–H groups in total. The molecule has 0 aliphatic rings. The number of nitrogens with two attached hydrogens (primary N) is 1. The largest absolute Gasteiger partial charge is 0.469 e. The number of halogens is 1. The summed E-state index contributed by atoms with van der Waals surface area (Å²) in [4.78, 5) is 0.192. The van der Waals surface area contributed by atoms with Gasteiger partial charge in [-0.05, 0) is 52.7 Å². The van der Waals surface area contributed by atoms with Crippen LogP contribution in [-0.2, 0) is 16.4 Å². The molecule has 20 heavy (non-hydrogen) atoms. The summed E-state index contributed by atoms with van der Waals surface area (Å²) >= 11 is 3.27. The number of furan rings is 1. The van der Waals surface area contributed by atoms with Crippen molar-refractivity contribution in [2.75, 3.05) is 12.3 Å². The van der Waals surface area contributed by atoms with Crippen LogP contribution in [0.1, 0.15) is 11.3 Å². The highest BCUT2D eigenvalue weighted by Crippen LogP contribution is 2.26. The predicted octanol–water partition coefficient (Wildman–Crippen LogP) is 2.45. The zero-order valence-corrected chi connectivity index (χ0v) is 13.3. The van der Waals surface area contributed by atoms with Crippen LogP contribution in [0.15, 0.2) is 44.3 Å². The van der Waals surface area contributed by atoms with Gasteiger partial charge in [0.2, 0.25) is 10.0 Å². The molecule has 0 saturated heterocycles. The number of hydrogen-bond acceptors (Lipinski definition) is 4. The van der Waals surface area contributed by atoms with E-state index in [1.807, 2.05) is 0 Å². The van der Waals surface area contributed by atoms with E-state index in [0.717, 1.165) is 5.76 Å². The molecule has 0 spiro atoms. The normalized spacial score (nSPS) is 11.7. The first-order chi connectivity index (χ1) is 9.40. The predicted molar refractivity (Wildman–Crippen MR) is 80.9 cm³/mol. The lowest BCUT2D eigenvalue weighted by Gasteiger charge is -2.10. The molecule has 2 aromatic rings. The van der Waals surface area contributed by atoms with E-state index in [2.05, 4.69) is 20.7 Å². The Labute approximate surface area is 126 Å². The summed E-state index contributed by atoms with van der Waals surface area (Å²) in [6.45, 7) is 2.00. The maximum Gasteiger partial charge on any atom is 0.240 e. The summed E-state index contributed by atoms with van der Waals surface area (Å²) in [6.07, 6.45) is 2.06. The third kappa shape index (κ3) is 3.41. The minimum atomic E-state index is -3.58. The third-order valence-electron chi connectivity index (χ3n) is 2.83. The fourth-order valence-electron chi connectivity index (χ4n) is 1.80. The molecule has 0 fully saturated rings. The van der Waals surface area contributed by atoms with Crippen molar-refractivity contribution in [1.82, 2.24) is 4.72 Å². The molecule has 1 heterocycles. The maximum absolute atomic E-state index is 12.2. The van der Waals surface area contributed by atoms with Gasteiger partial charge in [0.15, 0.2) is 0 Å². The molecule has 1 aromatic carbocycles. The van der Waals surface area contributed by atoms with Crippen LogP contribution in [0.3, 0.4) is 0 Å². The van der Waals surface area contributed by atoms with Crippen molar-refractivity contribution in [1.29, 1.82) is 0 Å². The third-order valence-corrected chi connectivity index (χ3v) is 5.12. The minimum absolute atomic E-state index is 0.192. The Morgan fingerprint density at radius 1 is 1.40 bits per heavy atom. The number of nitrogens with one attached hydrogen (secondary N) is 1. The van der Waals surface area contributed by atoms with Crippen LogP contribution in [0.4, 0.5) is 5.69 Å². The van der Waals surface area contributed by atoms with Gasteiger partial charge in [0, 0.05) is 23.1 Å². The van der Waals surface area contributed by atoms with Crippen molar-refractivity contribution in [3.8, 4) is 0 Å². The lowest BCUT2D eigenvalue weighted by Crippen LogP contribution is -2.26. The number of aryl methyl sites for hydroxylation is 1. The van der Waals surface area contributed by atoms with Crippen LogP contribution in [-0.4, -0.2) is 15.0 Å². The van der Waals surface area contributed by atoms with Crippen molar-refractivity contribution >= 4 is 31.6 Å². The average Bonchev–Trinajstić information content (AvgIpc) is 2.86. The lowest BCUT2D eigenvalue weighted by atomic mass is 10.2. The Kier molecular flexibility index (Phi) is 4.52. The molecule has 0 unspecified atom stereocenters. The number of sulfonamides is 1. The molecule has 108 valence electrons. The van der Waals surface area contributed by atoms with E-state index >= 15 is 0 Å². The SMILES string of the molecule is Cc1cc(Br)c(N)cc1S(=O)(=O)NCCc1ccco1. The Bertz CT molecular complexity index is 697. The van der Waals surface area contributed by atoms with Gasteiger partial charge < -0.3 is 10.2 Å². The van der Waals surface area contributed by atoms with E-state index in [1.165, 1.54) is 6.07 Å². The molecular weight excluding hydrogens is 344 g/mol. The Balaban J connectivity index is 2.12. The second-order valence-corrected chi connectivity index (χ2v) is 6.96. The van der Waals surface area contributed by atoms with E-state index < -0.39 is 10.0 Å². The van der Waals surface area contributed by atoms with Crippen molar-refractivity contribution in [3.63, 3.8) is 0 Å². The van der Waals surface area contributed by atoms with Crippen LogP contribution in [0.2, 0.25) is 0 Å². The fraction of sp³-hybridized carbons (Fsp3) is 0.231. The first-order valence-corrected chi connectivity index (χ1v) is 8.25. The summed E-state index contributed by atoms with van der Waals surface area (Å²) in [5.41, 5.74) is 6.76. The fourth-order valence-corrected chi connectivity index (χ4v) is 3.55. The van der Waals surface area contributed by atoms with Crippen LogP contribution < -0.4 is 10.5 Å². The highest BCUT2D eigenvalue weighted by Gasteiger charge is 2.18. The van der Waals surface area contributed by atoms with Crippen molar-refractivity contribution in [2.45, 2.75) is 18.2 Å². The van der Waals surface area contributed by atoms with Gasteiger partial charge in [-0.3, -0.25) is 0 Å². The number of benzene rings is 1. The summed E-state index contributed by atoms with van der Waals surface area (Å²) in [6, 6.07) is 6.71. The monoisotopic (exact) mass is 358 g/mol. The van der Waals surface area contributed by atoms with Crippen molar-refractivity contribution in [2.24, 2.45) is 0 Å². The summed E-state index contributed by atoms with van der Waals surface area (Å²) < 4.78 is 32.8. The van der Waals surface area contributed by atoms with Gasteiger partial charge in [-0.15, -0.1) is 0 Å². The molecular formula is C13H15BrN2O3S. The molecule has 0 atom stereocenters. The number of anilines is 1. The Morgan fingerprint density at radius 3 is 2.80 bits per heavy atom. The highest BCUT2D eigenvalue weighted by atomic mass is 79.9. The van der Waals surface area contributed by atoms with E-state index in [-0.39, 0.29) is 11.4 Å². The van der Waals surface area contributed by atoms with E-state index in [4.69, 9.17) is 10.2 Å².